The molecule has 98 valence electrons. The van der Waals surface area contributed by atoms with Crippen LogP contribution in [0.2, 0.25) is 5.15 Å². The van der Waals surface area contributed by atoms with Crippen LogP contribution in [0, 0.1) is 5.92 Å². The van der Waals surface area contributed by atoms with Crippen LogP contribution in [-0.4, -0.2) is 27.1 Å². The Morgan fingerprint density at radius 3 is 2.72 bits per heavy atom. The molecule has 2 N–H and O–H groups in total. The molecule has 0 saturated heterocycles. The van der Waals surface area contributed by atoms with Crippen molar-refractivity contribution in [2.45, 2.75) is 38.1 Å². The van der Waals surface area contributed by atoms with Crippen molar-refractivity contribution >= 4 is 23.4 Å². The first kappa shape index (κ1) is 13.1. The molecule has 1 saturated carbocycles. The van der Waals surface area contributed by atoms with Gasteiger partial charge in [-0.05, 0) is 18.8 Å². The van der Waals surface area contributed by atoms with Crippen LogP contribution in [0.4, 0.5) is 5.82 Å². The van der Waals surface area contributed by atoms with Gasteiger partial charge in [0.15, 0.2) is 0 Å². The second-order valence-corrected chi connectivity index (χ2v) is 4.97. The second kappa shape index (κ2) is 6.00. The SMILES string of the molecule is O=C(O)C(Nc1cncc(Cl)n1)C1CCCCC1. The van der Waals surface area contributed by atoms with Gasteiger partial charge in [0.2, 0.25) is 0 Å². The van der Waals surface area contributed by atoms with Gasteiger partial charge in [-0.1, -0.05) is 30.9 Å². The number of hydrogen-bond acceptors (Lipinski definition) is 4. The molecule has 1 aromatic heterocycles. The first-order valence-electron chi connectivity index (χ1n) is 6.13. The second-order valence-electron chi connectivity index (χ2n) is 4.59. The van der Waals surface area contributed by atoms with E-state index in [4.69, 9.17) is 11.6 Å². The minimum Gasteiger partial charge on any atom is -0.480 e. The first-order chi connectivity index (χ1) is 8.66. The molecule has 0 bridgehead atoms. The zero-order valence-corrected chi connectivity index (χ0v) is 10.7. The number of aliphatic carboxylic acids is 1. The van der Waals surface area contributed by atoms with E-state index in [1.165, 1.54) is 18.8 Å². The lowest BCUT2D eigenvalue weighted by atomic mass is 9.84. The summed E-state index contributed by atoms with van der Waals surface area (Å²) in [7, 11) is 0. The maximum absolute atomic E-state index is 11.3. The maximum atomic E-state index is 11.3. The van der Waals surface area contributed by atoms with Crippen LogP contribution in [0.1, 0.15) is 32.1 Å². The van der Waals surface area contributed by atoms with Gasteiger partial charge < -0.3 is 10.4 Å². The van der Waals surface area contributed by atoms with Crippen molar-refractivity contribution in [1.82, 2.24) is 9.97 Å². The number of anilines is 1. The minimum atomic E-state index is -0.844. The fourth-order valence-corrected chi connectivity index (χ4v) is 2.57. The van der Waals surface area contributed by atoms with Gasteiger partial charge in [-0.25, -0.2) is 9.78 Å². The Bertz CT molecular complexity index is 422. The molecule has 1 aliphatic carbocycles. The van der Waals surface area contributed by atoms with Crippen LogP contribution < -0.4 is 5.32 Å². The molecular weight excluding hydrogens is 254 g/mol. The summed E-state index contributed by atoms with van der Waals surface area (Å²) < 4.78 is 0. The molecule has 1 unspecified atom stereocenters. The number of rotatable bonds is 4. The van der Waals surface area contributed by atoms with Crippen LogP contribution in [0.5, 0.6) is 0 Å². The summed E-state index contributed by atoms with van der Waals surface area (Å²) in [6.07, 6.45) is 8.18. The van der Waals surface area contributed by atoms with Crippen molar-refractivity contribution in [2.75, 3.05) is 5.32 Å². The first-order valence-corrected chi connectivity index (χ1v) is 6.51. The molecule has 6 heteroatoms. The zero-order valence-electron chi connectivity index (χ0n) is 9.97. The molecule has 1 atom stereocenters. The molecular formula is C12H16ClN3O2. The van der Waals surface area contributed by atoms with E-state index in [1.54, 1.807) is 0 Å². The van der Waals surface area contributed by atoms with Crippen molar-refractivity contribution in [3.8, 4) is 0 Å². The topological polar surface area (TPSA) is 75.1 Å². The molecule has 0 amide bonds. The van der Waals surface area contributed by atoms with Gasteiger partial charge in [0.05, 0.1) is 12.4 Å². The minimum absolute atomic E-state index is 0.150. The van der Waals surface area contributed by atoms with E-state index < -0.39 is 12.0 Å². The number of carboxylic acid groups (broad SMARTS) is 1. The third-order valence-electron chi connectivity index (χ3n) is 3.30. The summed E-state index contributed by atoms with van der Waals surface area (Å²) in [5.74, 6) is -0.277. The highest BCUT2D eigenvalue weighted by Gasteiger charge is 2.29. The Hall–Kier alpha value is -1.36. The number of carbonyl (C=O) groups is 1. The van der Waals surface area contributed by atoms with Crippen LogP contribution in [0.25, 0.3) is 0 Å². The standard InChI is InChI=1S/C12H16ClN3O2/c13-9-6-14-7-10(15-9)16-11(12(17)18)8-4-2-1-3-5-8/h6-8,11H,1-5H2,(H,15,16)(H,17,18). The fraction of sp³-hybridized carbons (Fsp3) is 0.583. The summed E-state index contributed by atoms with van der Waals surface area (Å²) in [4.78, 5) is 19.3. The number of aromatic nitrogens is 2. The van der Waals surface area contributed by atoms with Crippen LogP contribution in [0.15, 0.2) is 12.4 Å². The molecule has 0 aliphatic heterocycles. The number of halogens is 1. The van der Waals surface area contributed by atoms with Gasteiger partial charge in [-0.2, -0.15) is 0 Å². The highest BCUT2D eigenvalue weighted by atomic mass is 35.5. The molecule has 1 fully saturated rings. The number of hydrogen-bond donors (Lipinski definition) is 2. The van der Waals surface area contributed by atoms with E-state index in [0.29, 0.717) is 5.82 Å². The van der Waals surface area contributed by atoms with Crippen LogP contribution >= 0.6 is 11.6 Å². The van der Waals surface area contributed by atoms with Gasteiger partial charge in [0.1, 0.15) is 17.0 Å². The van der Waals surface area contributed by atoms with Gasteiger partial charge >= 0.3 is 5.97 Å². The van der Waals surface area contributed by atoms with Gasteiger partial charge in [-0.15, -0.1) is 0 Å². The molecule has 0 aromatic carbocycles. The summed E-state index contributed by atoms with van der Waals surface area (Å²) in [6, 6.07) is -0.613. The normalized spacial score (nSPS) is 18.3. The van der Waals surface area contributed by atoms with Crippen molar-refractivity contribution < 1.29 is 9.90 Å². The maximum Gasteiger partial charge on any atom is 0.326 e. The van der Waals surface area contributed by atoms with Crippen molar-refractivity contribution in [2.24, 2.45) is 5.92 Å². The molecule has 18 heavy (non-hydrogen) atoms. The average Bonchev–Trinajstić information content (AvgIpc) is 2.37. The molecule has 1 aliphatic rings. The fourth-order valence-electron chi connectivity index (χ4n) is 2.42. The van der Waals surface area contributed by atoms with Crippen LogP contribution in [0.3, 0.4) is 0 Å². The average molecular weight is 270 g/mol. The molecule has 0 spiro atoms. The molecule has 1 aromatic rings. The lowest BCUT2D eigenvalue weighted by molar-refractivity contribution is -0.139. The van der Waals surface area contributed by atoms with E-state index in [1.807, 2.05) is 0 Å². The van der Waals surface area contributed by atoms with E-state index in [9.17, 15) is 9.90 Å². The Labute approximate surface area is 111 Å². The highest BCUT2D eigenvalue weighted by molar-refractivity contribution is 6.29. The van der Waals surface area contributed by atoms with E-state index >= 15 is 0 Å². The van der Waals surface area contributed by atoms with E-state index in [0.717, 1.165) is 25.7 Å². The Kier molecular flexibility index (Phi) is 4.36. The third kappa shape index (κ3) is 3.32. The number of carboxylic acids is 1. The van der Waals surface area contributed by atoms with Crippen molar-refractivity contribution in [3.05, 3.63) is 17.5 Å². The Morgan fingerprint density at radius 2 is 2.11 bits per heavy atom. The van der Waals surface area contributed by atoms with Crippen LogP contribution in [-0.2, 0) is 4.79 Å². The molecule has 2 rings (SSSR count). The largest absolute Gasteiger partial charge is 0.480 e. The van der Waals surface area contributed by atoms with Crippen molar-refractivity contribution in [3.63, 3.8) is 0 Å². The van der Waals surface area contributed by atoms with E-state index in [-0.39, 0.29) is 11.1 Å². The van der Waals surface area contributed by atoms with Gasteiger partial charge in [0.25, 0.3) is 0 Å². The van der Waals surface area contributed by atoms with E-state index in [2.05, 4.69) is 15.3 Å². The molecule has 5 nitrogen and oxygen atoms in total. The smallest absolute Gasteiger partial charge is 0.326 e. The Balaban J connectivity index is 2.08. The summed E-state index contributed by atoms with van der Waals surface area (Å²) in [5.41, 5.74) is 0. The summed E-state index contributed by atoms with van der Waals surface area (Å²) >= 11 is 5.73. The number of nitrogens with one attached hydrogen (secondary N) is 1. The Morgan fingerprint density at radius 1 is 1.39 bits per heavy atom. The molecule has 1 heterocycles. The predicted molar refractivity (Wildman–Crippen MR) is 68.7 cm³/mol. The predicted octanol–water partition coefficient (Wildman–Crippen LogP) is 2.58. The summed E-state index contributed by atoms with van der Waals surface area (Å²) in [6.45, 7) is 0. The monoisotopic (exact) mass is 269 g/mol. The molecule has 0 radical (unpaired) electrons. The van der Waals surface area contributed by atoms with Crippen molar-refractivity contribution in [1.29, 1.82) is 0 Å². The summed E-state index contributed by atoms with van der Waals surface area (Å²) in [5, 5.41) is 12.5. The zero-order chi connectivity index (χ0) is 13.0. The lowest BCUT2D eigenvalue weighted by Crippen LogP contribution is -2.38. The van der Waals surface area contributed by atoms with Gasteiger partial charge in [-0.3, -0.25) is 4.98 Å². The van der Waals surface area contributed by atoms with Gasteiger partial charge in [0, 0.05) is 0 Å². The quantitative estimate of drug-likeness (QED) is 0.879. The highest BCUT2D eigenvalue weighted by Crippen LogP contribution is 2.28. The number of nitrogens with zero attached hydrogens (tertiary/aromatic N) is 2. The lowest BCUT2D eigenvalue weighted by Gasteiger charge is -2.28. The third-order valence-corrected chi connectivity index (χ3v) is 3.48.